The van der Waals surface area contributed by atoms with Crippen LogP contribution in [0.1, 0.15) is 6.42 Å². The highest BCUT2D eigenvalue weighted by Crippen LogP contribution is 2.21. The van der Waals surface area contributed by atoms with Crippen LogP contribution in [0.3, 0.4) is 0 Å². The molecule has 1 N–H and O–H groups in total. The minimum absolute atomic E-state index is 0.0365. The normalized spacial score (nSPS) is 22.4. The van der Waals surface area contributed by atoms with Crippen LogP contribution in [0.5, 0.6) is 0 Å². The largest absolute Gasteiger partial charge is 0.477 e. The smallest absolute Gasteiger partial charge is 0.376 e. The Balaban J connectivity index is 2.75. The Kier molecular flexibility index (Phi) is 2.77. The number of alkyl halides is 2. The third kappa shape index (κ3) is 2.18. The first-order valence-electron chi connectivity index (χ1n) is 3.85. The maximum atomic E-state index is 12.6. The second-order valence-corrected chi connectivity index (χ2v) is 5.10. The van der Waals surface area contributed by atoms with E-state index in [9.17, 15) is 22.0 Å². The molecule has 0 amide bonds. The maximum Gasteiger partial charge on any atom is 0.376 e. The number of halogens is 2. The summed E-state index contributed by atoms with van der Waals surface area (Å²) in [6, 6.07) is 0. The van der Waals surface area contributed by atoms with Gasteiger partial charge in [-0.1, -0.05) is 0 Å². The van der Waals surface area contributed by atoms with Gasteiger partial charge in [-0.25, -0.2) is 13.2 Å². The number of hydrogen-bond donors (Lipinski definition) is 1. The van der Waals surface area contributed by atoms with E-state index < -0.39 is 28.5 Å². The Bertz CT molecular complexity index is 340. The van der Waals surface area contributed by atoms with Crippen molar-refractivity contribution < 1.29 is 27.1 Å². The van der Waals surface area contributed by atoms with Gasteiger partial charge in [-0.3, -0.25) is 0 Å². The van der Waals surface area contributed by atoms with Gasteiger partial charge in [-0.05, 0) is 6.42 Å². The maximum absolute atomic E-state index is 12.6. The number of sulfonamides is 1. The second kappa shape index (κ2) is 3.43. The van der Waals surface area contributed by atoms with Crippen LogP contribution in [0.25, 0.3) is 0 Å². The topological polar surface area (TPSA) is 74.7 Å². The van der Waals surface area contributed by atoms with Crippen LogP contribution in [0, 0.1) is 0 Å². The Morgan fingerprint density at radius 3 is 2.43 bits per heavy atom. The monoisotopic (exact) mass is 229 g/mol. The highest BCUT2D eigenvalue weighted by molar-refractivity contribution is 7.89. The van der Waals surface area contributed by atoms with E-state index in [1.807, 2.05) is 0 Å². The van der Waals surface area contributed by atoms with Crippen LogP contribution < -0.4 is 0 Å². The molecule has 1 fully saturated rings. The first-order valence-corrected chi connectivity index (χ1v) is 5.46. The van der Waals surface area contributed by atoms with E-state index in [4.69, 9.17) is 5.11 Å². The SMILES string of the molecule is O=C(O)C(F)(F)CN1CCCS1(=O)=O. The molecule has 0 aromatic heterocycles. The zero-order chi connectivity index (χ0) is 11.0. The van der Waals surface area contributed by atoms with Crippen molar-refractivity contribution in [2.24, 2.45) is 0 Å². The number of carbonyl (C=O) groups is 1. The predicted octanol–water partition coefficient (Wildman–Crippen LogP) is -0.258. The van der Waals surface area contributed by atoms with E-state index >= 15 is 0 Å². The molecule has 0 radical (unpaired) electrons. The van der Waals surface area contributed by atoms with E-state index in [-0.39, 0.29) is 18.7 Å². The van der Waals surface area contributed by atoms with Gasteiger partial charge in [0.2, 0.25) is 10.0 Å². The number of carboxylic acids is 1. The second-order valence-electron chi connectivity index (χ2n) is 3.01. The first kappa shape index (κ1) is 11.3. The van der Waals surface area contributed by atoms with Gasteiger partial charge in [-0.15, -0.1) is 0 Å². The average molecular weight is 229 g/mol. The molecule has 1 heterocycles. The Morgan fingerprint density at radius 1 is 1.50 bits per heavy atom. The number of hydrogen-bond acceptors (Lipinski definition) is 3. The molecule has 0 atom stereocenters. The zero-order valence-electron chi connectivity index (χ0n) is 7.11. The standard InChI is InChI=1S/C6H9F2NO4S/c7-6(8,5(10)11)4-9-2-1-3-14(9,12)13/h1-4H2,(H,10,11). The van der Waals surface area contributed by atoms with Gasteiger partial charge in [0.1, 0.15) is 0 Å². The van der Waals surface area contributed by atoms with Gasteiger partial charge in [0.25, 0.3) is 0 Å². The average Bonchev–Trinajstić information content (AvgIpc) is 2.30. The van der Waals surface area contributed by atoms with Gasteiger partial charge in [0.05, 0.1) is 12.3 Å². The van der Waals surface area contributed by atoms with Crippen LogP contribution in [-0.2, 0) is 14.8 Å². The highest BCUT2D eigenvalue weighted by atomic mass is 32.2. The van der Waals surface area contributed by atoms with Gasteiger partial charge in [0, 0.05) is 6.54 Å². The van der Waals surface area contributed by atoms with Gasteiger partial charge in [-0.2, -0.15) is 13.1 Å². The van der Waals surface area contributed by atoms with Crippen molar-refractivity contribution in [2.45, 2.75) is 12.3 Å². The summed E-state index contributed by atoms with van der Waals surface area (Å²) in [5.41, 5.74) is 0. The lowest BCUT2D eigenvalue weighted by atomic mass is 10.3. The molecular weight excluding hydrogens is 220 g/mol. The van der Waals surface area contributed by atoms with Crippen molar-refractivity contribution >= 4 is 16.0 Å². The van der Waals surface area contributed by atoms with Crippen LogP contribution in [-0.4, -0.2) is 48.6 Å². The lowest BCUT2D eigenvalue weighted by molar-refractivity contribution is -0.165. The molecule has 1 rings (SSSR count). The zero-order valence-corrected chi connectivity index (χ0v) is 7.93. The molecule has 14 heavy (non-hydrogen) atoms. The summed E-state index contributed by atoms with van der Waals surface area (Å²) in [6.07, 6.45) is 0.262. The highest BCUT2D eigenvalue weighted by Gasteiger charge is 2.44. The molecule has 1 saturated heterocycles. The number of nitrogens with zero attached hydrogens (tertiary/aromatic N) is 1. The summed E-state index contributed by atoms with van der Waals surface area (Å²) < 4.78 is 47.9. The lowest BCUT2D eigenvalue weighted by Crippen LogP contribution is -2.43. The minimum Gasteiger partial charge on any atom is -0.477 e. The summed E-state index contributed by atoms with van der Waals surface area (Å²) in [6.45, 7) is -1.31. The fraction of sp³-hybridized carbons (Fsp3) is 0.833. The molecule has 0 spiro atoms. The molecule has 1 aliphatic heterocycles. The molecule has 0 aliphatic carbocycles. The molecule has 0 aromatic carbocycles. The van der Waals surface area contributed by atoms with E-state index in [0.29, 0.717) is 4.31 Å². The van der Waals surface area contributed by atoms with Crippen molar-refractivity contribution in [2.75, 3.05) is 18.8 Å². The van der Waals surface area contributed by atoms with Gasteiger partial charge < -0.3 is 5.11 Å². The van der Waals surface area contributed by atoms with Crippen molar-refractivity contribution in [3.05, 3.63) is 0 Å². The van der Waals surface area contributed by atoms with Gasteiger partial charge >= 0.3 is 11.9 Å². The third-order valence-corrected chi connectivity index (χ3v) is 3.79. The van der Waals surface area contributed by atoms with Crippen molar-refractivity contribution in [3.8, 4) is 0 Å². The van der Waals surface area contributed by atoms with Crippen LogP contribution in [0.15, 0.2) is 0 Å². The third-order valence-electron chi connectivity index (χ3n) is 1.89. The molecule has 0 aromatic rings. The number of rotatable bonds is 3. The molecule has 0 saturated carbocycles. The first-order chi connectivity index (χ1) is 6.26. The fourth-order valence-electron chi connectivity index (χ4n) is 1.16. The number of aliphatic carboxylic acids is 1. The Morgan fingerprint density at radius 2 is 2.07 bits per heavy atom. The molecule has 0 bridgehead atoms. The summed E-state index contributed by atoms with van der Waals surface area (Å²) in [7, 11) is -3.66. The lowest BCUT2D eigenvalue weighted by Gasteiger charge is -2.18. The molecule has 1 aliphatic rings. The van der Waals surface area contributed by atoms with E-state index in [1.54, 1.807) is 0 Å². The number of carboxylic acid groups (broad SMARTS) is 1. The van der Waals surface area contributed by atoms with Crippen molar-refractivity contribution in [1.82, 2.24) is 4.31 Å². The summed E-state index contributed by atoms with van der Waals surface area (Å²) in [5.74, 6) is -6.51. The van der Waals surface area contributed by atoms with E-state index in [0.717, 1.165) is 0 Å². The van der Waals surface area contributed by atoms with Crippen LogP contribution in [0.4, 0.5) is 8.78 Å². The molecule has 8 heteroatoms. The minimum atomic E-state index is -4.02. The predicted molar refractivity (Wildman–Crippen MR) is 42.6 cm³/mol. The molecule has 5 nitrogen and oxygen atoms in total. The molecule has 82 valence electrons. The molecule has 0 unspecified atom stereocenters. The van der Waals surface area contributed by atoms with Crippen molar-refractivity contribution in [3.63, 3.8) is 0 Å². The van der Waals surface area contributed by atoms with Crippen molar-refractivity contribution in [1.29, 1.82) is 0 Å². The Hall–Kier alpha value is -0.760. The van der Waals surface area contributed by atoms with E-state index in [1.165, 1.54) is 0 Å². The van der Waals surface area contributed by atoms with Gasteiger partial charge in [0.15, 0.2) is 0 Å². The summed E-state index contributed by atoms with van der Waals surface area (Å²) in [5, 5.41) is 8.10. The quantitative estimate of drug-likeness (QED) is 0.723. The summed E-state index contributed by atoms with van der Waals surface area (Å²) >= 11 is 0. The van der Waals surface area contributed by atoms with Crippen LogP contribution >= 0.6 is 0 Å². The fourth-order valence-corrected chi connectivity index (χ4v) is 2.68. The molecular formula is C6H9F2NO4S. The van der Waals surface area contributed by atoms with Crippen LogP contribution in [0.2, 0.25) is 0 Å². The Labute approximate surface area is 79.4 Å². The van der Waals surface area contributed by atoms with E-state index in [2.05, 4.69) is 0 Å². The summed E-state index contributed by atoms with van der Waals surface area (Å²) in [4.78, 5) is 10.0.